The van der Waals surface area contributed by atoms with Crippen LogP contribution < -0.4 is 11.1 Å². The van der Waals surface area contributed by atoms with Gasteiger partial charge < -0.3 is 20.9 Å². The highest BCUT2D eigenvalue weighted by Crippen LogP contribution is 2.35. The lowest BCUT2D eigenvalue weighted by Crippen LogP contribution is -2.71. The van der Waals surface area contributed by atoms with Gasteiger partial charge in [0.05, 0.1) is 0 Å². The summed E-state index contributed by atoms with van der Waals surface area (Å²) in [5.74, 6) is 0.248. The van der Waals surface area contributed by atoms with E-state index in [9.17, 15) is 4.79 Å². The first-order valence-electron chi connectivity index (χ1n) is 6.46. The Labute approximate surface area is 103 Å². The third kappa shape index (κ3) is 2.46. The van der Waals surface area contributed by atoms with Gasteiger partial charge in [-0.3, -0.25) is 4.79 Å². The zero-order valence-corrected chi connectivity index (χ0v) is 10.9. The number of carbonyl (C=O) groups excluding carboxylic acids is 1. The highest BCUT2D eigenvalue weighted by atomic mass is 16.1. The molecule has 0 aromatic heterocycles. The lowest BCUT2D eigenvalue weighted by atomic mass is 9.72. The van der Waals surface area contributed by atoms with Gasteiger partial charge >= 0.3 is 0 Å². The molecule has 0 spiro atoms. The minimum absolute atomic E-state index is 0.175. The molecule has 3 N–H and O–H groups in total. The van der Waals surface area contributed by atoms with E-state index in [-0.39, 0.29) is 5.91 Å². The van der Waals surface area contributed by atoms with Crippen molar-refractivity contribution in [1.82, 2.24) is 15.1 Å². The van der Waals surface area contributed by atoms with Gasteiger partial charge in [-0.15, -0.1) is 0 Å². The van der Waals surface area contributed by atoms with Crippen LogP contribution in [0, 0.1) is 5.92 Å². The smallest absolute Gasteiger partial charge is 0.239 e. The van der Waals surface area contributed by atoms with Crippen LogP contribution in [0.4, 0.5) is 0 Å². The maximum absolute atomic E-state index is 11.9. The van der Waals surface area contributed by atoms with Crippen molar-refractivity contribution in [1.29, 1.82) is 0 Å². The van der Waals surface area contributed by atoms with Gasteiger partial charge in [-0.1, -0.05) is 0 Å². The van der Waals surface area contributed by atoms with E-state index in [0.29, 0.717) is 5.92 Å². The maximum Gasteiger partial charge on any atom is 0.239 e. The molecule has 1 atom stereocenters. The lowest BCUT2D eigenvalue weighted by molar-refractivity contribution is -0.133. The Morgan fingerprint density at radius 3 is 2.53 bits per heavy atom. The minimum Gasteiger partial charge on any atom is -0.368 e. The average molecular weight is 240 g/mol. The molecule has 3 aliphatic heterocycles. The molecule has 3 aliphatic rings. The summed E-state index contributed by atoms with van der Waals surface area (Å²) >= 11 is 0. The lowest BCUT2D eigenvalue weighted by Gasteiger charge is -2.52. The van der Waals surface area contributed by atoms with E-state index in [1.165, 1.54) is 0 Å². The number of nitrogens with one attached hydrogen (secondary N) is 1. The summed E-state index contributed by atoms with van der Waals surface area (Å²) in [6, 6.07) is 0. The van der Waals surface area contributed by atoms with Crippen molar-refractivity contribution in [2.45, 2.75) is 18.4 Å². The number of amides is 1. The quantitative estimate of drug-likeness (QED) is 0.653. The third-order valence-corrected chi connectivity index (χ3v) is 4.20. The summed E-state index contributed by atoms with van der Waals surface area (Å²) in [6.45, 7) is 4.78. The number of likely N-dealkylation sites (N-methyl/N-ethyl adjacent to an activating group) is 1. The monoisotopic (exact) mass is 240 g/mol. The Morgan fingerprint density at radius 2 is 2.12 bits per heavy atom. The topological polar surface area (TPSA) is 61.6 Å². The van der Waals surface area contributed by atoms with Gasteiger partial charge in [-0.25, -0.2) is 0 Å². The molecule has 0 aliphatic carbocycles. The van der Waals surface area contributed by atoms with Gasteiger partial charge in [-0.05, 0) is 45.9 Å². The fourth-order valence-corrected chi connectivity index (χ4v) is 3.13. The standard InChI is InChI=1S/C12H24N4O/c1-15(2)8-5-14-12(11(13)17)9-16-6-3-10(12)4-7-16/h10,14H,3-9H2,1-2H3,(H2,13,17). The second-order valence-electron chi connectivity index (χ2n) is 5.62. The van der Waals surface area contributed by atoms with E-state index in [1.54, 1.807) is 0 Å². The van der Waals surface area contributed by atoms with Gasteiger partial charge in [0.25, 0.3) is 0 Å². The Kier molecular flexibility index (Phi) is 3.70. The number of nitrogens with zero attached hydrogens (tertiary/aromatic N) is 2. The summed E-state index contributed by atoms with van der Waals surface area (Å²) in [7, 11) is 4.07. The molecule has 5 nitrogen and oxygen atoms in total. The van der Waals surface area contributed by atoms with E-state index in [0.717, 1.165) is 45.6 Å². The highest BCUT2D eigenvalue weighted by Gasteiger charge is 2.50. The maximum atomic E-state index is 11.9. The summed E-state index contributed by atoms with van der Waals surface area (Å²) in [5, 5.41) is 3.44. The van der Waals surface area contributed by atoms with Crippen molar-refractivity contribution >= 4 is 5.91 Å². The number of hydrogen-bond donors (Lipinski definition) is 2. The molecule has 3 heterocycles. The molecule has 5 heteroatoms. The normalized spacial score (nSPS) is 36.4. The van der Waals surface area contributed by atoms with Crippen LogP contribution >= 0.6 is 0 Å². The van der Waals surface area contributed by atoms with Crippen LogP contribution in [0.1, 0.15) is 12.8 Å². The summed E-state index contributed by atoms with van der Waals surface area (Å²) < 4.78 is 0. The molecule has 0 aromatic carbocycles. The number of piperidine rings is 3. The first-order chi connectivity index (χ1) is 8.04. The van der Waals surface area contributed by atoms with Crippen molar-refractivity contribution in [2.24, 2.45) is 11.7 Å². The zero-order valence-electron chi connectivity index (χ0n) is 10.9. The van der Waals surface area contributed by atoms with Gasteiger partial charge in [-0.2, -0.15) is 0 Å². The van der Waals surface area contributed by atoms with E-state index >= 15 is 0 Å². The third-order valence-electron chi connectivity index (χ3n) is 4.20. The Morgan fingerprint density at radius 1 is 1.47 bits per heavy atom. The molecule has 1 amide bonds. The van der Waals surface area contributed by atoms with Crippen molar-refractivity contribution < 1.29 is 4.79 Å². The molecule has 17 heavy (non-hydrogen) atoms. The van der Waals surface area contributed by atoms with Crippen LogP contribution in [-0.4, -0.2) is 68.1 Å². The Balaban J connectivity index is 2.02. The largest absolute Gasteiger partial charge is 0.368 e. The van der Waals surface area contributed by atoms with Crippen LogP contribution in [0.3, 0.4) is 0 Å². The van der Waals surface area contributed by atoms with Crippen LogP contribution in [0.2, 0.25) is 0 Å². The Hall–Kier alpha value is -0.650. The van der Waals surface area contributed by atoms with Crippen LogP contribution in [0.25, 0.3) is 0 Å². The van der Waals surface area contributed by atoms with Crippen molar-refractivity contribution in [2.75, 3.05) is 46.8 Å². The van der Waals surface area contributed by atoms with E-state index in [2.05, 4.69) is 15.1 Å². The summed E-state index contributed by atoms with van der Waals surface area (Å²) in [5.41, 5.74) is 5.18. The molecule has 98 valence electrons. The first-order valence-corrected chi connectivity index (χ1v) is 6.46. The predicted molar refractivity (Wildman–Crippen MR) is 67.6 cm³/mol. The SMILES string of the molecule is CN(C)CCNC1(C(N)=O)CN2CCC1CC2. The number of hydrogen-bond acceptors (Lipinski definition) is 4. The van der Waals surface area contributed by atoms with Gasteiger partial charge in [0.2, 0.25) is 5.91 Å². The number of carbonyl (C=O) groups is 1. The molecule has 3 saturated heterocycles. The summed E-state index contributed by atoms with van der Waals surface area (Å²) in [6.07, 6.45) is 2.19. The van der Waals surface area contributed by atoms with Crippen LogP contribution in [0.15, 0.2) is 0 Å². The van der Waals surface area contributed by atoms with Gasteiger partial charge in [0, 0.05) is 19.6 Å². The second kappa shape index (κ2) is 4.92. The molecule has 0 saturated carbocycles. The van der Waals surface area contributed by atoms with Crippen LogP contribution in [-0.2, 0) is 4.79 Å². The van der Waals surface area contributed by atoms with Crippen molar-refractivity contribution in [3.8, 4) is 0 Å². The molecule has 3 fully saturated rings. The number of rotatable bonds is 5. The van der Waals surface area contributed by atoms with Gasteiger partial charge in [0.1, 0.15) is 5.54 Å². The second-order valence-corrected chi connectivity index (χ2v) is 5.62. The fraction of sp³-hybridized carbons (Fsp3) is 0.917. The zero-order chi connectivity index (χ0) is 12.5. The number of nitrogens with two attached hydrogens (primary N) is 1. The van der Waals surface area contributed by atoms with E-state index in [4.69, 9.17) is 5.73 Å². The Bertz CT molecular complexity index is 286. The molecular weight excluding hydrogens is 216 g/mol. The molecule has 0 aromatic rings. The van der Waals surface area contributed by atoms with Crippen LogP contribution in [0.5, 0.6) is 0 Å². The fourth-order valence-electron chi connectivity index (χ4n) is 3.13. The van der Waals surface area contributed by atoms with E-state index in [1.807, 2.05) is 14.1 Å². The predicted octanol–water partition coefficient (Wildman–Crippen LogP) is -0.913. The number of primary amides is 1. The first kappa shape index (κ1) is 12.8. The van der Waals surface area contributed by atoms with Crippen molar-refractivity contribution in [3.63, 3.8) is 0 Å². The average Bonchev–Trinajstić information content (AvgIpc) is 2.29. The molecule has 3 rings (SSSR count). The number of fused-ring (bicyclic) bond motifs is 3. The minimum atomic E-state index is -0.480. The van der Waals surface area contributed by atoms with Crippen molar-refractivity contribution in [3.05, 3.63) is 0 Å². The highest BCUT2D eigenvalue weighted by molar-refractivity contribution is 5.85. The molecule has 0 radical (unpaired) electrons. The molecule has 2 bridgehead atoms. The molecular formula is C12H24N4O. The molecule has 1 unspecified atom stereocenters. The summed E-state index contributed by atoms with van der Waals surface area (Å²) in [4.78, 5) is 16.3. The van der Waals surface area contributed by atoms with Gasteiger partial charge in [0.15, 0.2) is 0 Å². The van der Waals surface area contributed by atoms with E-state index < -0.39 is 5.54 Å².